The van der Waals surface area contributed by atoms with Gasteiger partial charge in [-0.15, -0.1) is 0 Å². The van der Waals surface area contributed by atoms with Crippen LogP contribution in [0.3, 0.4) is 0 Å². The summed E-state index contributed by atoms with van der Waals surface area (Å²) >= 11 is 0. The third-order valence-electron chi connectivity index (χ3n) is 3.67. The van der Waals surface area contributed by atoms with Crippen molar-refractivity contribution >= 4 is 16.9 Å². The molecule has 1 atom stereocenters. The Labute approximate surface area is 143 Å². The number of para-hydroxylation sites is 1. The molecule has 5 nitrogen and oxygen atoms in total. The number of hydrogen-bond donors (Lipinski definition) is 2. The van der Waals surface area contributed by atoms with Gasteiger partial charge in [0.25, 0.3) is 0 Å². The van der Waals surface area contributed by atoms with E-state index in [2.05, 4.69) is 26.1 Å². The van der Waals surface area contributed by atoms with Crippen molar-refractivity contribution in [2.45, 2.75) is 18.9 Å². The highest BCUT2D eigenvalue weighted by atomic mass is 35.5. The molecule has 0 aliphatic heterocycles. The highest BCUT2D eigenvalue weighted by Crippen LogP contribution is 2.29. The number of rotatable bonds is 8. The number of aromatic nitrogens is 1. The molecule has 0 saturated heterocycles. The number of H-pyrrole nitrogens is 1. The highest BCUT2D eigenvalue weighted by molar-refractivity contribution is 5.83. The van der Waals surface area contributed by atoms with Gasteiger partial charge in [-0.3, -0.25) is 4.79 Å². The number of carboxylic acid groups (broad SMARTS) is 1. The zero-order chi connectivity index (χ0) is 16.2. The fourth-order valence-electron chi connectivity index (χ4n) is 2.41. The summed E-state index contributed by atoms with van der Waals surface area (Å²) in [6.07, 6.45) is 2.32. The van der Waals surface area contributed by atoms with Gasteiger partial charge in [0.1, 0.15) is 6.54 Å². The summed E-state index contributed by atoms with van der Waals surface area (Å²) in [6, 6.07) is 8.02. The molecule has 6 heteroatoms. The molecule has 0 fully saturated rings. The standard InChI is InChI=1S/C17H24N2O3.ClH/c1-19(2,3)10-11-22-16(8-9-17(20)21)14-12-18-15-7-5-4-6-13(14)15;/h4-7,12,16,18H,8-11H2,1-3H3;1H. The van der Waals surface area contributed by atoms with Gasteiger partial charge in [-0.25, -0.2) is 0 Å². The van der Waals surface area contributed by atoms with Crippen molar-refractivity contribution in [1.82, 2.24) is 4.98 Å². The van der Waals surface area contributed by atoms with Crippen molar-refractivity contribution in [3.05, 3.63) is 36.0 Å². The van der Waals surface area contributed by atoms with Gasteiger partial charge in [0, 0.05) is 29.1 Å². The second kappa shape index (κ2) is 8.34. The minimum Gasteiger partial charge on any atom is -1.00 e. The summed E-state index contributed by atoms with van der Waals surface area (Å²) in [6.45, 7) is 1.49. The van der Waals surface area contributed by atoms with E-state index in [9.17, 15) is 4.79 Å². The summed E-state index contributed by atoms with van der Waals surface area (Å²) < 4.78 is 6.84. The fraction of sp³-hybridized carbons (Fsp3) is 0.471. The van der Waals surface area contributed by atoms with Gasteiger partial charge >= 0.3 is 5.97 Å². The summed E-state index contributed by atoms with van der Waals surface area (Å²) in [5, 5.41) is 10.1. The summed E-state index contributed by atoms with van der Waals surface area (Å²) in [5.74, 6) is -0.792. The number of carboxylic acids is 1. The van der Waals surface area contributed by atoms with Crippen molar-refractivity contribution in [1.29, 1.82) is 0 Å². The molecule has 2 aromatic rings. The van der Waals surface area contributed by atoms with Crippen LogP contribution >= 0.6 is 0 Å². The molecule has 1 heterocycles. The molecule has 0 aliphatic carbocycles. The van der Waals surface area contributed by atoms with Crippen LogP contribution < -0.4 is 12.4 Å². The smallest absolute Gasteiger partial charge is 0.303 e. The van der Waals surface area contributed by atoms with Crippen LogP contribution in [0.25, 0.3) is 10.9 Å². The Morgan fingerprint density at radius 1 is 1.30 bits per heavy atom. The summed E-state index contributed by atoms with van der Waals surface area (Å²) in [4.78, 5) is 14.1. The predicted octanol–water partition coefficient (Wildman–Crippen LogP) is -0.199. The van der Waals surface area contributed by atoms with E-state index in [0.717, 1.165) is 27.5 Å². The Bertz CT molecular complexity index is 634. The van der Waals surface area contributed by atoms with Gasteiger partial charge in [0.05, 0.1) is 33.9 Å². The number of aliphatic carboxylic acids is 1. The number of quaternary nitrogens is 1. The molecule has 0 aliphatic rings. The Morgan fingerprint density at radius 3 is 2.65 bits per heavy atom. The van der Waals surface area contributed by atoms with E-state index in [-0.39, 0.29) is 24.9 Å². The van der Waals surface area contributed by atoms with Crippen LogP contribution in [0.1, 0.15) is 24.5 Å². The fourth-order valence-corrected chi connectivity index (χ4v) is 2.41. The average molecular weight is 341 g/mol. The van der Waals surface area contributed by atoms with Gasteiger partial charge < -0.3 is 31.7 Å². The number of carbonyl (C=O) groups is 1. The van der Waals surface area contributed by atoms with E-state index in [1.807, 2.05) is 30.5 Å². The highest BCUT2D eigenvalue weighted by Gasteiger charge is 2.19. The molecule has 1 aromatic carbocycles. The van der Waals surface area contributed by atoms with Crippen molar-refractivity contribution in [2.75, 3.05) is 34.3 Å². The molecule has 0 saturated carbocycles. The Hall–Kier alpha value is -1.56. The molecule has 128 valence electrons. The number of nitrogens with zero attached hydrogens (tertiary/aromatic N) is 1. The van der Waals surface area contributed by atoms with Gasteiger partial charge in [0.15, 0.2) is 0 Å². The number of fused-ring (bicyclic) bond motifs is 1. The molecule has 2 rings (SSSR count). The van der Waals surface area contributed by atoms with E-state index < -0.39 is 5.97 Å². The molecule has 0 bridgehead atoms. The average Bonchev–Trinajstić information content (AvgIpc) is 2.85. The molecule has 0 spiro atoms. The SMILES string of the molecule is C[N+](C)(C)CCOC(CCC(=O)O)c1c[nH]c2ccccc12.[Cl-]. The minimum absolute atomic E-state index is 0. The third kappa shape index (κ3) is 5.86. The lowest BCUT2D eigenvalue weighted by molar-refractivity contribution is -0.870. The number of hydrogen-bond acceptors (Lipinski definition) is 2. The maximum absolute atomic E-state index is 10.9. The van der Waals surface area contributed by atoms with Gasteiger partial charge in [-0.1, -0.05) is 18.2 Å². The predicted molar refractivity (Wildman–Crippen MR) is 86.8 cm³/mol. The molecule has 1 unspecified atom stereocenters. The van der Waals surface area contributed by atoms with E-state index in [1.165, 1.54) is 0 Å². The van der Waals surface area contributed by atoms with Crippen LogP contribution in [0.2, 0.25) is 0 Å². The largest absolute Gasteiger partial charge is 1.00 e. The summed E-state index contributed by atoms with van der Waals surface area (Å²) in [5.41, 5.74) is 2.09. The van der Waals surface area contributed by atoms with Crippen LogP contribution in [-0.2, 0) is 9.53 Å². The first kappa shape index (κ1) is 19.5. The topological polar surface area (TPSA) is 62.3 Å². The molecule has 1 aromatic heterocycles. The quantitative estimate of drug-likeness (QED) is 0.654. The zero-order valence-corrected chi connectivity index (χ0v) is 14.6. The lowest BCUT2D eigenvalue weighted by Gasteiger charge is -2.25. The number of nitrogens with one attached hydrogen (secondary N) is 1. The Balaban J connectivity index is 0.00000264. The maximum atomic E-state index is 10.9. The third-order valence-corrected chi connectivity index (χ3v) is 3.67. The molecule has 0 radical (unpaired) electrons. The van der Waals surface area contributed by atoms with Gasteiger partial charge in [0.2, 0.25) is 0 Å². The molecular weight excluding hydrogens is 316 g/mol. The van der Waals surface area contributed by atoms with Crippen molar-refractivity contribution in [3.63, 3.8) is 0 Å². The Kier molecular flexibility index (Phi) is 7.06. The van der Waals surface area contributed by atoms with Crippen LogP contribution in [-0.4, -0.2) is 54.8 Å². The van der Waals surface area contributed by atoms with Crippen molar-refractivity contribution in [2.24, 2.45) is 0 Å². The van der Waals surface area contributed by atoms with E-state index in [4.69, 9.17) is 9.84 Å². The first-order valence-corrected chi connectivity index (χ1v) is 7.57. The van der Waals surface area contributed by atoms with Crippen molar-refractivity contribution < 1.29 is 31.5 Å². The van der Waals surface area contributed by atoms with E-state index in [0.29, 0.717) is 13.0 Å². The van der Waals surface area contributed by atoms with Crippen molar-refractivity contribution in [3.8, 4) is 0 Å². The molecular formula is C17H25ClN2O3. The number of benzene rings is 1. The van der Waals surface area contributed by atoms with Crippen LogP contribution in [0.5, 0.6) is 0 Å². The zero-order valence-electron chi connectivity index (χ0n) is 13.9. The number of likely N-dealkylation sites (N-methyl/N-ethyl adjacent to an activating group) is 1. The molecule has 0 amide bonds. The normalized spacial score (nSPS) is 12.8. The van der Waals surface area contributed by atoms with Crippen LogP contribution in [0, 0.1) is 0 Å². The minimum atomic E-state index is -0.792. The van der Waals surface area contributed by atoms with Gasteiger partial charge in [-0.2, -0.15) is 0 Å². The molecule has 23 heavy (non-hydrogen) atoms. The lowest BCUT2D eigenvalue weighted by atomic mass is 10.0. The summed E-state index contributed by atoms with van der Waals surface area (Å²) in [7, 11) is 6.34. The molecule has 2 N–H and O–H groups in total. The first-order chi connectivity index (χ1) is 10.4. The van der Waals surface area contributed by atoms with Crippen LogP contribution in [0.4, 0.5) is 0 Å². The monoisotopic (exact) mass is 340 g/mol. The van der Waals surface area contributed by atoms with Crippen LogP contribution in [0.15, 0.2) is 30.5 Å². The second-order valence-corrected chi connectivity index (χ2v) is 6.60. The first-order valence-electron chi connectivity index (χ1n) is 7.57. The number of aromatic amines is 1. The van der Waals surface area contributed by atoms with E-state index in [1.54, 1.807) is 0 Å². The van der Waals surface area contributed by atoms with E-state index >= 15 is 0 Å². The number of halogens is 1. The number of ether oxygens (including phenoxy) is 1. The Morgan fingerprint density at radius 2 is 2.00 bits per heavy atom. The maximum Gasteiger partial charge on any atom is 0.303 e. The van der Waals surface area contributed by atoms with Gasteiger partial charge in [-0.05, 0) is 12.5 Å². The second-order valence-electron chi connectivity index (χ2n) is 6.60. The lowest BCUT2D eigenvalue weighted by Crippen LogP contribution is -3.00.